The van der Waals surface area contributed by atoms with Crippen molar-refractivity contribution in [3.8, 4) is 33.9 Å². The summed E-state index contributed by atoms with van der Waals surface area (Å²) >= 11 is 0. The molecule has 5 aromatic rings. The largest absolute Gasteiger partial charge is 0.454 e. The number of anilines is 1. The molecule has 0 unspecified atom stereocenters. The van der Waals surface area contributed by atoms with Crippen molar-refractivity contribution in [2.45, 2.75) is 6.54 Å². The van der Waals surface area contributed by atoms with E-state index < -0.39 is 0 Å². The lowest BCUT2D eigenvalue weighted by Gasteiger charge is -2.35. The van der Waals surface area contributed by atoms with E-state index in [2.05, 4.69) is 63.3 Å². The van der Waals surface area contributed by atoms with Crippen molar-refractivity contribution >= 4 is 16.9 Å². The van der Waals surface area contributed by atoms with Crippen LogP contribution in [0, 0.1) is 0 Å². The number of hydrogen-bond donors (Lipinski definition) is 0. The molecular weight excluding hydrogens is 464 g/mol. The molecule has 0 spiro atoms. The van der Waals surface area contributed by atoms with Crippen molar-refractivity contribution < 1.29 is 13.9 Å². The molecule has 2 aliphatic rings. The van der Waals surface area contributed by atoms with Crippen molar-refractivity contribution in [1.29, 1.82) is 0 Å². The van der Waals surface area contributed by atoms with Crippen LogP contribution in [0.1, 0.15) is 5.56 Å². The fourth-order valence-corrected chi connectivity index (χ4v) is 5.25. The third kappa shape index (κ3) is 4.07. The summed E-state index contributed by atoms with van der Waals surface area (Å²) in [7, 11) is 0. The van der Waals surface area contributed by atoms with Gasteiger partial charge in [-0.3, -0.25) is 4.90 Å². The maximum Gasteiger partial charge on any atom is 0.232 e. The van der Waals surface area contributed by atoms with Gasteiger partial charge in [0.15, 0.2) is 11.5 Å². The third-order valence-corrected chi connectivity index (χ3v) is 7.08. The molecule has 0 bridgehead atoms. The maximum atomic E-state index is 6.40. The van der Waals surface area contributed by atoms with Gasteiger partial charge in [0.2, 0.25) is 12.5 Å². The summed E-state index contributed by atoms with van der Waals surface area (Å²) < 4.78 is 17.4. The second-order valence-electron chi connectivity index (χ2n) is 9.37. The van der Waals surface area contributed by atoms with Gasteiger partial charge >= 0.3 is 0 Å². The van der Waals surface area contributed by atoms with Gasteiger partial charge in [-0.2, -0.15) is 0 Å². The molecule has 0 aliphatic carbocycles. The number of fused-ring (bicyclic) bond motifs is 2. The molecule has 0 radical (unpaired) electrons. The highest BCUT2D eigenvalue weighted by Gasteiger charge is 2.26. The fraction of sp³-hybridized carbons (Fsp3) is 0.200. The van der Waals surface area contributed by atoms with E-state index in [1.165, 1.54) is 5.56 Å². The molecule has 7 nitrogen and oxygen atoms in total. The number of benzene rings is 3. The lowest BCUT2D eigenvalue weighted by molar-refractivity contribution is 0.174. The Morgan fingerprint density at radius 2 is 1.46 bits per heavy atom. The lowest BCUT2D eigenvalue weighted by Crippen LogP contribution is -2.46. The van der Waals surface area contributed by atoms with Gasteiger partial charge in [0.25, 0.3) is 0 Å². The van der Waals surface area contributed by atoms with Crippen molar-refractivity contribution in [1.82, 2.24) is 14.9 Å². The minimum Gasteiger partial charge on any atom is -0.454 e. The van der Waals surface area contributed by atoms with Crippen molar-refractivity contribution in [3.05, 3.63) is 90.8 Å². The fourth-order valence-electron chi connectivity index (χ4n) is 5.25. The molecule has 2 aromatic heterocycles. The molecule has 4 heterocycles. The number of ether oxygens (including phenoxy) is 2. The summed E-state index contributed by atoms with van der Waals surface area (Å²) in [5.74, 6) is 3.41. The number of furan rings is 1. The zero-order valence-corrected chi connectivity index (χ0v) is 20.3. The average Bonchev–Trinajstić information content (AvgIpc) is 3.59. The standard InChI is InChI=1S/C30H26N4O3/c1-3-7-22(8-4-1)26-27-29(31-19-32-30(27)37-28(26)23-9-5-2-6-10-23)34-15-13-33(14-16-34)18-21-11-12-24-25(17-21)36-20-35-24/h1-12,17,19H,13-16,18,20H2. The summed E-state index contributed by atoms with van der Waals surface area (Å²) in [6.07, 6.45) is 1.61. The molecule has 7 rings (SSSR count). The Hall–Kier alpha value is -4.36. The number of piperazine rings is 1. The third-order valence-electron chi connectivity index (χ3n) is 7.08. The van der Waals surface area contributed by atoms with Crippen LogP contribution in [0.4, 0.5) is 5.82 Å². The normalized spacial score (nSPS) is 15.4. The number of aromatic nitrogens is 2. The van der Waals surface area contributed by atoms with E-state index in [0.29, 0.717) is 12.5 Å². The van der Waals surface area contributed by atoms with Gasteiger partial charge in [0, 0.05) is 43.9 Å². The van der Waals surface area contributed by atoms with Crippen LogP contribution < -0.4 is 14.4 Å². The molecule has 2 aliphatic heterocycles. The van der Waals surface area contributed by atoms with E-state index in [4.69, 9.17) is 18.9 Å². The monoisotopic (exact) mass is 490 g/mol. The van der Waals surface area contributed by atoms with Crippen LogP contribution in [-0.4, -0.2) is 47.8 Å². The van der Waals surface area contributed by atoms with Gasteiger partial charge in [-0.25, -0.2) is 9.97 Å². The highest BCUT2D eigenvalue weighted by molar-refractivity contribution is 6.06. The molecule has 0 N–H and O–H groups in total. The van der Waals surface area contributed by atoms with Crippen molar-refractivity contribution in [2.75, 3.05) is 37.9 Å². The Morgan fingerprint density at radius 3 is 2.24 bits per heavy atom. The van der Waals surface area contributed by atoms with Gasteiger partial charge in [-0.15, -0.1) is 0 Å². The first-order chi connectivity index (χ1) is 18.3. The molecule has 37 heavy (non-hydrogen) atoms. The quantitative estimate of drug-likeness (QED) is 0.317. The summed E-state index contributed by atoms with van der Waals surface area (Å²) in [6, 6.07) is 26.8. The lowest BCUT2D eigenvalue weighted by atomic mass is 9.99. The molecule has 0 amide bonds. The molecular formula is C30H26N4O3. The summed E-state index contributed by atoms with van der Waals surface area (Å²) in [5.41, 5.74) is 5.01. The van der Waals surface area contributed by atoms with E-state index >= 15 is 0 Å². The SMILES string of the molecule is c1ccc(-c2oc3ncnc(N4CCN(Cc5ccc6c(c5)OCO6)CC4)c3c2-c2ccccc2)cc1. The van der Waals surface area contributed by atoms with Crippen LogP contribution in [0.5, 0.6) is 11.5 Å². The van der Waals surface area contributed by atoms with Crippen LogP contribution in [-0.2, 0) is 6.54 Å². The van der Waals surface area contributed by atoms with Crippen LogP contribution in [0.15, 0.2) is 89.6 Å². The summed E-state index contributed by atoms with van der Waals surface area (Å²) in [6.45, 7) is 4.79. The van der Waals surface area contributed by atoms with Crippen LogP contribution >= 0.6 is 0 Å². The first-order valence-corrected chi connectivity index (χ1v) is 12.6. The average molecular weight is 491 g/mol. The Labute approximate surface area is 214 Å². The molecule has 1 fully saturated rings. The van der Waals surface area contributed by atoms with Crippen molar-refractivity contribution in [3.63, 3.8) is 0 Å². The molecule has 7 heteroatoms. The predicted molar refractivity (Wildman–Crippen MR) is 143 cm³/mol. The molecule has 0 atom stereocenters. The highest BCUT2D eigenvalue weighted by Crippen LogP contribution is 2.43. The number of hydrogen-bond acceptors (Lipinski definition) is 7. The summed E-state index contributed by atoms with van der Waals surface area (Å²) in [5, 5.41) is 0.969. The Balaban J connectivity index is 1.20. The van der Waals surface area contributed by atoms with Crippen molar-refractivity contribution in [2.24, 2.45) is 0 Å². The van der Waals surface area contributed by atoms with Gasteiger partial charge < -0.3 is 18.8 Å². The zero-order chi connectivity index (χ0) is 24.6. The van der Waals surface area contributed by atoms with E-state index in [-0.39, 0.29) is 0 Å². The Morgan fingerprint density at radius 1 is 0.730 bits per heavy atom. The highest BCUT2D eigenvalue weighted by atomic mass is 16.7. The first-order valence-electron chi connectivity index (χ1n) is 12.6. The topological polar surface area (TPSA) is 63.9 Å². The second kappa shape index (κ2) is 9.26. The van der Waals surface area contributed by atoms with Crippen LogP contribution in [0.2, 0.25) is 0 Å². The number of nitrogens with zero attached hydrogens (tertiary/aromatic N) is 4. The minimum atomic E-state index is 0.301. The molecule has 184 valence electrons. The first kappa shape index (κ1) is 21.9. The Bertz CT molecular complexity index is 1540. The van der Waals surface area contributed by atoms with E-state index in [1.807, 2.05) is 30.3 Å². The van der Waals surface area contributed by atoms with Gasteiger partial charge in [-0.1, -0.05) is 66.7 Å². The Kier molecular flexibility index (Phi) is 5.48. The smallest absolute Gasteiger partial charge is 0.232 e. The van der Waals surface area contributed by atoms with Crippen LogP contribution in [0.3, 0.4) is 0 Å². The molecule has 3 aromatic carbocycles. The molecule has 0 saturated carbocycles. The van der Waals surface area contributed by atoms with Crippen LogP contribution in [0.25, 0.3) is 33.6 Å². The van der Waals surface area contributed by atoms with E-state index in [9.17, 15) is 0 Å². The molecule has 1 saturated heterocycles. The maximum absolute atomic E-state index is 6.40. The van der Waals surface area contributed by atoms with E-state index in [0.717, 1.165) is 77.9 Å². The van der Waals surface area contributed by atoms with E-state index in [1.54, 1.807) is 6.33 Å². The zero-order valence-electron chi connectivity index (χ0n) is 20.3. The predicted octanol–water partition coefficient (Wildman–Crippen LogP) is 5.61. The summed E-state index contributed by atoms with van der Waals surface area (Å²) in [4.78, 5) is 14.1. The number of rotatable bonds is 5. The van der Waals surface area contributed by atoms with Gasteiger partial charge in [0.1, 0.15) is 17.9 Å². The minimum absolute atomic E-state index is 0.301. The second-order valence-corrected chi connectivity index (χ2v) is 9.37. The van der Waals surface area contributed by atoms with Gasteiger partial charge in [0.05, 0.1) is 5.39 Å². The van der Waals surface area contributed by atoms with Gasteiger partial charge in [-0.05, 0) is 23.3 Å².